The molecule has 0 aromatic heterocycles. The maximum atomic E-state index is 11.9. The molecule has 2 atom stereocenters. The number of rotatable bonds is 3. The van der Waals surface area contributed by atoms with Gasteiger partial charge in [0.2, 0.25) is 0 Å². The van der Waals surface area contributed by atoms with Crippen molar-refractivity contribution in [1.82, 2.24) is 0 Å². The molecule has 1 aromatic carbocycles. The molecule has 3 heteroatoms. The molecular formula is C17H21NO2. The van der Waals surface area contributed by atoms with Crippen LogP contribution < -0.4 is 0 Å². The number of ketones is 1. The summed E-state index contributed by atoms with van der Waals surface area (Å²) in [5.74, 6) is 0.622. The average molecular weight is 271 g/mol. The van der Waals surface area contributed by atoms with Crippen LogP contribution in [-0.4, -0.2) is 30.8 Å². The number of aliphatic imine (C=N–C) groups is 1. The van der Waals surface area contributed by atoms with Crippen molar-refractivity contribution in [2.24, 2.45) is 4.99 Å². The summed E-state index contributed by atoms with van der Waals surface area (Å²) in [6.07, 6.45) is 4.63. The second-order valence-corrected chi connectivity index (χ2v) is 5.77. The first-order valence-corrected chi connectivity index (χ1v) is 7.51. The van der Waals surface area contributed by atoms with Crippen molar-refractivity contribution in [2.45, 2.75) is 44.1 Å². The van der Waals surface area contributed by atoms with Gasteiger partial charge < -0.3 is 4.74 Å². The Morgan fingerprint density at radius 2 is 2.05 bits per heavy atom. The Labute approximate surface area is 120 Å². The average Bonchev–Trinajstić information content (AvgIpc) is 2.99. The van der Waals surface area contributed by atoms with Gasteiger partial charge in [-0.25, -0.2) is 0 Å². The molecule has 20 heavy (non-hydrogen) atoms. The van der Waals surface area contributed by atoms with E-state index in [-0.39, 0.29) is 6.10 Å². The molecule has 0 unspecified atom stereocenters. The first kappa shape index (κ1) is 13.5. The van der Waals surface area contributed by atoms with E-state index in [1.54, 1.807) is 0 Å². The SMILES string of the molecule is O=C1CC(=NC[C@@H]2CCCO2)C[C@@H](c2ccccc2)C1. The summed E-state index contributed by atoms with van der Waals surface area (Å²) >= 11 is 0. The van der Waals surface area contributed by atoms with E-state index < -0.39 is 0 Å². The van der Waals surface area contributed by atoms with Gasteiger partial charge in [-0.05, 0) is 30.7 Å². The lowest BCUT2D eigenvalue weighted by atomic mass is 9.82. The summed E-state index contributed by atoms with van der Waals surface area (Å²) in [4.78, 5) is 16.6. The van der Waals surface area contributed by atoms with Crippen LogP contribution in [0.2, 0.25) is 0 Å². The Kier molecular flexibility index (Phi) is 4.26. The van der Waals surface area contributed by atoms with Crippen LogP contribution in [0.25, 0.3) is 0 Å². The standard InChI is InChI=1S/C17H21NO2/c19-16-10-14(13-5-2-1-3-6-13)9-15(11-16)18-12-17-7-4-8-20-17/h1-3,5-6,14,17H,4,7-12H2/t14-,17+/m1/s1. The maximum absolute atomic E-state index is 11.9. The normalized spacial score (nSPS) is 29.0. The van der Waals surface area contributed by atoms with Crippen molar-refractivity contribution in [2.75, 3.05) is 13.2 Å². The molecule has 106 valence electrons. The fourth-order valence-electron chi connectivity index (χ4n) is 3.10. The van der Waals surface area contributed by atoms with Gasteiger partial charge in [-0.15, -0.1) is 0 Å². The van der Waals surface area contributed by atoms with E-state index in [0.717, 1.165) is 38.1 Å². The topological polar surface area (TPSA) is 38.7 Å². The molecule has 0 radical (unpaired) electrons. The van der Waals surface area contributed by atoms with Crippen molar-refractivity contribution in [3.8, 4) is 0 Å². The van der Waals surface area contributed by atoms with E-state index in [2.05, 4.69) is 17.1 Å². The predicted octanol–water partition coefficient (Wildman–Crippen LogP) is 3.14. The van der Waals surface area contributed by atoms with Gasteiger partial charge in [0.05, 0.1) is 12.6 Å². The van der Waals surface area contributed by atoms with Gasteiger partial charge in [-0.2, -0.15) is 0 Å². The monoisotopic (exact) mass is 271 g/mol. The lowest BCUT2D eigenvalue weighted by Gasteiger charge is -2.23. The molecule has 0 bridgehead atoms. The molecule has 0 N–H and O–H groups in total. The van der Waals surface area contributed by atoms with Crippen LogP contribution in [0.3, 0.4) is 0 Å². The van der Waals surface area contributed by atoms with Gasteiger partial charge in [0, 0.05) is 25.2 Å². The summed E-state index contributed by atoms with van der Waals surface area (Å²) < 4.78 is 5.59. The first-order valence-electron chi connectivity index (χ1n) is 7.51. The van der Waals surface area contributed by atoms with E-state index in [1.165, 1.54) is 5.56 Å². The second kappa shape index (κ2) is 6.31. The summed E-state index contributed by atoms with van der Waals surface area (Å²) in [6, 6.07) is 10.3. The molecule has 2 fully saturated rings. The quantitative estimate of drug-likeness (QED) is 0.847. The van der Waals surface area contributed by atoms with Crippen LogP contribution in [0.1, 0.15) is 43.6 Å². The number of Topliss-reactive ketones (excluding diaryl/α,β-unsaturated/α-hetero) is 1. The summed E-state index contributed by atoms with van der Waals surface area (Å²) in [5, 5.41) is 0. The Balaban J connectivity index is 1.66. The van der Waals surface area contributed by atoms with E-state index in [1.807, 2.05) is 18.2 Å². The largest absolute Gasteiger partial charge is 0.376 e. The third kappa shape index (κ3) is 3.34. The molecule has 2 aliphatic rings. The lowest BCUT2D eigenvalue weighted by molar-refractivity contribution is -0.118. The lowest BCUT2D eigenvalue weighted by Crippen LogP contribution is -2.23. The van der Waals surface area contributed by atoms with Crippen molar-refractivity contribution in [3.05, 3.63) is 35.9 Å². The molecule has 1 saturated carbocycles. The number of hydrogen-bond acceptors (Lipinski definition) is 3. The van der Waals surface area contributed by atoms with E-state index in [4.69, 9.17) is 4.74 Å². The number of hydrogen-bond donors (Lipinski definition) is 0. The minimum atomic E-state index is 0.273. The number of benzene rings is 1. The van der Waals surface area contributed by atoms with E-state index in [9.17, 15) is 4.79 Å². The van der Waals surface area contributed by atoms with Crippen LogP contribution in [-0.2, 0) is 9.53 Å². The minimum Gasteiger partial charge on any atom is -0.376 e. The summed E-state index contributed by atoms with van der Waals surface area (Å²) in [5.41, 5.74) is 2.32. The third-order valence-electron chi connectivity index (χ3n) is 4.17. The van der Waals surface area contributed by atoms with E-state index in [0.29, 0.717) is 24.5 Å². The zero-order valence-electron chi connectivity index (χ0n) is 11.8. The Morgan fingerprint density at radius 3 is 2.80 bits per heavy atom. The summed E-state index contributed by atoms with van der Waals surface area (Å²) in [7, 11) is 0. The van der Waals surface area contributed by atoms with Crippen LogP contribution in [0.5, 0.6) is 0 Å². The Bertz CT molecular complexity index is 489. The number of carbonyl (C=O) groups excluding carboxylic acids is 1. The van der Waals surface area contributed by atoms with Gasteiger partial charge in [0.1, 0.15) is 5.78 Å². The molecule has 3 nitrogen and oxygen atoms in total. The Hall–Kier alpha value is -1.48. The van der Waals surface area contributed by atoms with Gasteiger partial charge in [-0.1, -0.05) is 30.3 Å². The summed E-state index contributed by atoms with van der Waals surface area (Å²) in [6.45, 7) is 1.59. The highest BCUT2D eigenvalue weighted by atomic mass is 16.5. The van der Waals surface area contributed by atoms with Gasteiger partial charge in [-0.3, -0.25) is 9.79 Å². The number of ether oxygens (including phenoxy) is 1. The van der Waals surface area contributed by atoms with Crippen LogP contribution in [0.15, 0.2) is 35.3 Å². The van der Waals surface area contributed by atoms with Gasteiger partial charge >= 0.3 is 0 Å². The maximum Gasteiger partial charge on any atom is 0.139 e. The molecule has 1 aromatic rings. The van der Waals surface area contributed by atoms with E-state index >= 15 is 0 Å². The van der Waals surface area contributed by atoms with Crippen LogP contribution in [0, 0.1) is 0 Å². The molecule has 3 rings (SSSR count). The molecule has 0 spiro atoms. The van der Waals surface area contributed by atoms with Crippen molar-refractivity contribution >= 4 is 11.5 Å². The zero-order valence-corrected chi connectivity index (χ0v) is 11.8. The highest BCUT2D eigenvalue weighted by molar-refractivity contribution is 6.05. The van der Waals surface area contributed by atoms with Crippen molar-refractivity contribution < 1.29 is 9.53 Å². The highest BCUT2D eigenvalue weighted by Crippen LogP contribution is 2.29. The van der Waals surface area contributed by atoms with Gasteiger partial charge in [0.15, 0.2) is 0 Å². The zero-order chi connectivity index (χ0) is 13.8. The predicted molar refractivity (Wildman–Crippen MR) is 79.3 cm³/mol. The molecule has 1 saturated heterocycles. The van der Waals surface area contributed by atoms with Crippen molar-refractivity contribution in [1.29, 1.82) is 0 Å². The first-order chi connectivity index (χ1) is 9.81. The number of nitrogens with zero attached hydrogens (tertiary/aromatic N) is 1. The third-order valence-corrected chi connectivity index (χ3v) is 4.17. The fourth-order valence-corrected chi connectivity index (χ4v) is 3.10. The fraction of sp³-hybridized carbons (Fsp3) is 0.529. The Morgan fingerprint density at radius 1 is 1.20 bits per heavy atom. The second-order valence-electron chi connectivity index (χ2n) is 5.77. The molecule has 1 heterocycles. The molecule has 1 aliphatic carbocycles. The van der Waals surface area contributed by atoms with Crippen molar-refractivity contribution in [3.63, 3.8) is 0 Å². The number of carbonyl (C=O) groups is 1. The minimum absolute atomic E-state index is 0.273. The van der Waals surface area contributed by atoms with Gasteiger partial charge in [0.25, 0.3) is 0 Å². The smallest absolute Gasteiger partial charge is 0.139 e. The molecule has 0 amide bonds. The van der Waals surface area contributed by atoms with Crippen LogP contribution in [0.4, 0.5) is 0 Å². The molecular weight excluding hydrogens is 250 g/mol. The molecule has 1 aliphatic heterocycles. The highest BCUT2D eigenvalue weighted by Gasteiger charge is 2.25. The van der Waals surface area contributed by atoms with Crippen LogP contribution >= 0.6 is 0 Å².